The van der Waals surface area contributed by atoms with Crippen molar-refractivity contribution < 1.29 is 109 Å². The van der Waals surface area contributed by atoms with Gasteiger partial charge in [-0.15, -0.1) is 16.6 Å². The Morgan fingerprint density at radius 3 is 1.44 bits per heavy atom. The fourth-order valence-corrected chi connectivity index (χ4v) is 9.97. The van der Waals surface area contributed by atoms with Gasteiger partial charge in [0.05, 0.1) is 118 Å². The first kappa shape index (κ1) is 73.5. The number of carbonyl (C=O) groups excluding carboxylic acids is 9. The number of aliphatic imine (C=N–C) groups is 2. The highest BCUT2D eigenvalue weighted by molar-refractivity contribution is 5.88. The fraction of sp³-hybridized carbons (Fsp3) is 0.625. The molecule has 38 nitrogen and oxygen atoms in total. The number of ether oxygens (including phenoxy) is 14. The summed E-state index contributed by atoms with van der Waals surface area (Å²) in [5.41, 5.74) is 23.5. The zero-order chi connectivity index (χ0) is 68.1. The van der Waals surface area contributed by atoms with Gasteiger partial charge in [0, 0.05) is 37.8 Å². The second-order valence-corrected chi connectivity index (χ2v) is 21.2. The van der Waals surface area contributed by atoms with E-state index in [9.17, 15) is 43.2 Å². The molecule has 6 rings (SSSR count). The third-order valence-corrected chi connectivity index (χ3v) is 14.0. The largest absolute Gasteiger partial charge is 0.508 e. The first-order valence-electron chi connectivity index (χ1n) is 29.5. The van der Waals surface area contributed by atoms with Crippen molar-refractivity contribution in [2.45, 2.75) is 108 Å². The molecule has 0 saturated carbocycles. The second-order valence-electron chi connectivity index (χ2n) is 21.2. The molecule has 0 spiro atoms. The average molecular weight is 1330 g/mol. The van der Waals surface area contributed by atoms with Crippen LogP contribution in [-0.2, 0) is 126 Å². The number of hydrogen-bond acceptors (Lipinski definition) is 29. The lowest BCUT2D eigenvalue weighted by molar-refractivity contribution is -0.158. The molecule has 38 heteroatoms. The first-order chi connectivity index (χ1) is 45.1. The molecular weight excluding hydrogens is 1250 g/mol. The van der Waals surface area contributed by atoms with Crippen LogP contribution in [0.3, 0.4) is 0 Å². The molecule has 3 amide bonds. The van der Waals surface area contributed by atoms with Crippen LogP contribution < -0.4 is 33.6 Å². The lowest BCUT2D eigenvalue weighted by atomic mass is 9.82. The van der Waals surface area contributed by atoms with Crippen LogP contribution in [0.25, 0.3) is 0 Å². The highest BCUT2D eigenvalue weighted by Gasteiger charge is 2.50. The molecule has 2 aromatic heterocycles. The minimum absolute atomic E-state index is 0.00779. The highest BCUT2D eigenvalue weighted by Crippen LogP contribution is 2.37. The number of aromatic nitrogens is 6. The summed E-state index contributed by atoms with van der Waals surface area (Å²) in [6.07, 6.45) is 0.927. The normalized spacial score (nSPS) is 21.1. The molecule has 0 radical (unpaired) electrons. The Labute approximate surface area is 538 Å². The van der Waals surface area contributed by atoms with E-state index in [2.05, 4.69) is 47.2 Å². The molecule has 1 unspecified atom stereocenters. The van der Waals surface area contributed by atoms with E-state index in [0.717, 1.165) is 14.2 Å². The van der Waals surface area contributed by atoms with Gasteiger partial charge in [-0.05, 0) is 26.0 Å². The van der Waals surface area contributed by atoms with E-state index in [1.54, 1.807) is 12.4 Å². The molecule has 0 bridgehead atoms. The van der Waals surface area contributed by atoms with Crippen LogP contribution in [0.5, 0.6) is 0 Å². The standard InChI is InChI=1S/C56H79N15O23/c1-6-12-83-14-16-85-18-19-86-17-15-84-13-7-46(76)69(24-34-26-70(67-65-34)10-8-61-44(74)30-87-49(42-28-89-55(79)93-42)47-36(20-32(2)72)38(63-53(57)58)22-40(91-47)51(77)81-4)25-35-27-71(68-66-35)11-9-62-45(75)31-88-50(43-29-90-56(80)94-43)48-37(21-33(3)73)39(64-54(59)60)23-41(92-48)52(78)82-5/h1,22-23,26-27,36-39,42-43,47-50H,7-21,24-25,28-31H2,2-5H3,(H,61,74)(H,62,75)(H4,57,58,63)(H4,59,60,64)/t36-,37-,38+,39?,42-,43-,47-,48-,49-,50-/m1/s1. The Bertz CT molecular complexity index is 2910. The number of amides is 3. The van der Waals surface area contributed by atoms with Crippen molar-refractivity contribution in [2.75, 3.05) is 107 Å². The number of hydrogen-bond donors (Lipinski definition) is 6. The smallest absolute Gasteiger partial charge is 0.480 e. The maximum Gasteiger partial charge on any atom is 0.508 e. The Morgan fingerprint density at radius 2 is 1.06 bits per heavy atom. The van der Waals surface area contributed by atoms with Gasteiger partial charge in [-0.3, -0.25) is 23.7 Å². The molecule has 10 N–H and O–H groups in total. The molecule has 94 heavy (non-hydrogen) atoms. The quantitative estimate of drug-likeness (QED) is 0.00921. The van der Waals surface area contributed by atoms with Crippen LogP contribution in [0.4, 0.5) is 9.59 Å². The van der Waals surface area contributed by atoms with Crippen LogP contribution in [-0.4, -0.2) is 256 Å². The van der Waals surface area contributed by atoms with E-state index in [-0.39, 0.29) is 139 Å². The number of carbonyl (C=O) groups is 9. The van der Waals surface area contributed by atoms with Crippen LogP contribution in [0.1, 0.15) is 44.5 Å². The predicted molar refractivity (Wildman–Crippen MR) is 316 cm³/mol. The summed E-state index contributed by atoms with van der Waals surface area (Å²) >= 11 is 0. The van der Waals surface area contributed by atoms with E-state index in [4.69, 9.17) is 95.7 Å². The number of rotatable bonds is 41. The first-order valence-corrected chi connectivity index (χ1v) is 29.5. The maximum atomic E-state index is 13.9. The van der Waals surface area contributed by atoms with E-state index >= 15 is 0 Å². The van der Waals surface area contributed by atoms with Gasteiger partial charge < -0.3 is 114 Å². The van der Waals surface area contributed by atoms with Crippen molar-refractivity contribution in [1.82, 2.24) is 45.5 Å². The van der Waals surface area contributed by atoms with Crippen molar-refractivity contribution >= 4 is 65.5 Å². The number of guanidine groups is 2. The highest BCUT2D eigenvalue weighted by atomic mass is 16.8. The van der Waals surface area contributed by atoms with Gasteiger partial charge in [0.25, 0.3) is 0 Å². The topological polar surface area (TPSA) is 500 Å². The SMILES string of the molecule is C#CCOCCOCCOCCOCCC(=O)N(Cc1cn(CCNC(=O)CO[C@@H]([C@@H]2OC(C(=O)OC)=C[C@H](N=C(N)N)[C@H]2CC(C)=O)[C@H]2COC(=O)O2)nn1)Cc1cn(CCNC(=O)CO[C@@H]([C@@H]2OC(C(=O)OC)=CC(N=C(N)N)[C@H]2CC(C)=O)[C@H]2COC(=O)O2)nn1. The zero-order valence-corrected chi connectivity index (χ0v) is 52.2. The van der Waals surface area contributed by atoms with Crippen LogP contribution in [0, 0.1) is 24.2 Å². The van der Waals surface area contributed by atoms with E-state index in [1.807, 2.05) is 0 Å². The predicted octanol–water partition coefficient (Wildman–Crippen LogP) is -4.05. The van der Waals surface area contributed by atoms with Gasteiger partial charge in [0.1, 0.15) is 80.4 Å². The number of nitrogens with two attached hydrogens (primary N) is 4. The van der Waals surface area contributed by atoms with Gasteiger partial charge in [-0.25, -0.2) is 29.2 Å². The summed E-state index contributed by atoms with van der Waals surface area (Å²) in [5, 5.41) is 22.2. The molecule has 0 aliphatic carbocycles. The molecule has 4 aliphatic rings. The molecule has 0 aromatic carbocycles. The molecule has 10 atom stereocenters. The van der Waals surface area contributed by atoms with E-state index in [1.165, 1.54) is 40.3 Å². The van der Waals surface area contributed by atoms with Crippen molar-refractivity contribution in [2.24, 2.45) is 44.8 Å². The third kappa shape index (κ3) is 23.8. The number of terminal acetylenes is 1. The number of esters is 2. The molecule has 2 saturated heterocycles. The Morgan fingerprint density at radius 1 is 0.649 bits per heavy atom. The van der Waals surface area contributed by atoms with E-state index in [0.29, 0.717) is 37.8 Å². The number of cyclic esters (lactones) is 4. The monoisotopic (exact) mass is 1330 g/mol. The number of ketones is 2. The van der Waals surface area contributed by atoms with Gasteiger partial charge >= 0.3 is 24.2 Å². The fourth-order valence-electron chi connectivity index (χ4n) is 9.97. The van der Waals surface area contributed by atoms with Gasteiger partial charge in [0.2, 0.25) is 29.2 Å². The van der Waals surface area contributed by atoms with Crippen molar-refractivity contribution in [3.05, 3.63) is 47.5 Å². The van der Waals surface area contributed by atoms with Crippen LogP contribution in [0.15, 0.2) is 46.0 Å². The van der Waals surface area contributed by atoms with Crippen LogP contribution in [0.2, 0.25) is 0 Å². The lowest BCUT2D eigenvalue weighted by Gasteiger charge is -2.39. The Hall–Kier alpha value is -9.55. The molecule has 2 fully saturated rings. The molecule has 6 heterocycles. The van der Waals surface area contributed by atoms with Crippen molar-refractivity contribution in [1.29, 1.82) is 0 Å². The Kier molecular flexibility index (Phi) is 29.6. The van der Waals surface area contributed by atoms with Gasteiger partial charge in [0.15, 0.2) is 24.1 Å². The molecule has 516 valence electrons. The van der Waals surface area contributed by atoms with Gasteiger partial charge in [-0.2, -0.15) is 0 Å². The summed E-state index contributed by atoms with van der Waals surface area (Å²) in [4.78, 5) is 125. The third-order valence-electron chi connectivity index (χ3n) is 14.0. The summed E-state index contributed by atoms with van der Waals surface area (Å²) in [5.74, 6) is -4.83. The average Bonchev–Trinajstić information content (AvgIpc) is 1.09. The van der Waals surface area contributed by atoms with Gasteiger partial charge in [-0.1, -0.05) is 16.3 Å². The minimum atomic E-state index is -1.31. The number of nitrogens with zero attached hydrogens (tertiary/aromatic N) is 9. The molecule has 4 aliphatic heterocycles. The van der Waals surface area contributed by atoms with E-state index < -0.39 is 110 Å². The van der Waals surface area contributed by atoms with Crippen molar-refractivity contribution in [3.8, 4) is 12.3 Å². The second kappa shape index (κ2) is 37.8. The Balaban J connectivity index is 1.06. The number of methoxy groups -OCH3 is 2. The molecule has 2 aromatic rings. The minimum Gasteiger partial charge on any atom is -0.480 e. The van der Waals surface area contributed by atoms with Crippen LogP contribution >= 0.6 is 0 Å². The number of nitrogens with one attached hydrogen (secondary N) is 2. The maximum absolute atomic E-state index is 13.9. The summed E-state index contributed by atoms with van der Waals surface area (Å²) in [6.45, 7) is 2.72. The molecular formula is C56H79N15O23. The summed E-state index contributed by atoms with van der Waals surface area (Å²) < 4.78 is 79.2. The summed E-state index contributed by atoms with van der Waals surface area (Å²) in [7, 11) is 2.23. The van der Waals surface area contributed by atoms with Crippen molar-refractivity contribution in [3.63, 3.8) is 0 Å². The number of Topliss-reactive ketones (excluding diaryl/α,β-unsaturated/α-hetero) is 2. The summed E-state index contributed by atoms with van der Waals surface area (Å²) in [6, 6.07) is -2.01. The zero-order valence-electron chi connectivity index (χ0n) is 52.2. The lowest BCUT2D eigenvalue weighted by Crippen LogP contribution is -2.52.